The predicted octanol–water partition coefficient (Wildman–Crippen LogP) is 2.66. The molecule has 112 valence electrons. The van der Waals surface area contributed by atoms with Crippen LogP contribution in [-0.4, -0.2) is 38.4 Å². The first kappa shape index (κ1) is 13.5. The summed E-state index contributed by atoms with van der Waals surface area (Å²) in [7, 11) is 2.00. The number of hydrogen-bond donors (Lipinski definition) is 0. The zero-order valence-electron chi connectivity index (χ0n) is 12.3. The summed E-state index contributed by atoms with van der Waals surface area (Å²) in [5.74, 6) is 1.44. The van der Waals surface area contributed by atoms with E-state index in [2.05, 4.69) is 9.55 Å². The average molecular weight is 312 g/mol. The number of hydrogen-bond acceptors (Lipinski definition) is 4. The Kier molecular flexibility index (Phi) is 3.18. The smallest absolute Gasteiger partial charge is 0.263 e. The van der Waals surface area contributed by atoms with E-state index in [1.807, 2.05) is 41.6 Å². The number of rotatable bonds is 2. The minimum atomic E-state index is 0.134. The fraction of sp³-hybridized carbons (Fsp3) is 0.312. The number of aryl methyl sites for hydroxylation is 1. The lowest BCUT2D eigenvalue weighted by atomic mass is 10.1. The number of likely N-dealkylation sites (tertiary alicyclic amines) is 1. The maximum Gasteiger partial charge on any atom is 0.263 e. The molecule has 3 aromatic rings. The molecule has 6 heteroatoms. The van der Waals surface area contributed by atoms with Crippen molar-refractivity contribution in [1.29, 1.82) is 0 Å². The van der Waals surface area contributed by atoms with Crippen LogP contribution in [0.2, 0.25) is 0 Å². The Hall–Kier alpha value is -2.21. The quantitative estimate of drug-likeness (QED) is 0.731. The molecule has 22 heavy (non-hydrogen) atoms. The maximum atomic E-state index is 12.4. The molecular formula is C16H16N4OS. The highest BCUT2D eigenvalue weighted by Crippen LogP contribution is 2.29. The van der Waals surface area contributed by atoms with E-state index in [-0.39, 0.29) is 11.8 Å². The van der Waals surface area contributed by atoms with Gasteiger partial charge in [-0.05, 0) is 30.0 Å². The number of fused-ring (bicyclic) bond motifs is 1. The summed E-state index contributed by atoms with van der Waals surface area (Å²) in [6.45, 7) is 1.52. The minimum absolute atomic E-state index is 0.134. The number of carbonyl (C=O) groups excluding carboxylic acids is 1. The molecule has 1 saturated heterocycles. The van der Waals surface area contributed by atoms with Gasteiger partial charge in [-0.15, -0.1) is 11.3 Å². The molecule has 0 radical (unpaired) electrons. The first-order valence-electron chi connectivity index (χ1n) is 7.34. The third-order valence-electron chi connectivity index (χ3n) is 4.24. The Labute approximate surface area is 132 Å². The molecule has 4 heterocycles. The normalized spacial score (nSPS) is 18.2. The average Bonchev–Trinajstić information content (AvgIpc) is 3.27. The van der Waals surface area contributed by atoms with Crippen molar-refractivity contribution in [3.05, 3.63) is 46.5 Å². The van der Waals surface area contributed by atoms with Gasteiger partial charge in [-0.1, -0.05) is 6.07 Å². The number of carbonyl (C=O) groups is 1. The van der Waals surface area contributed by atoms with Crippen molar-refractivity contribution >= 4 is 28.4 Å². The highest BCUT2D eigenvalue weighted by Gasteiger charge is 2.31. The van der Waals surface area contributed by atoms with E-state index >= 15 is 0 Å². The van der Waals surface area contributed by atoms with Crippen LogP contribution in [0.1, 0.15) is 27.8 Å². The van der Waals surface area contributed by atoms with Gasteiger partial charge in [0.15, 0.2) is 5.65 Å². The van der Waals surface area contributed by atoms with Crippen molar-refractivity contribution in [2.45, 2.75) is 12.3 Å². The van der Waals surface area contributed by atoms with Crippen LogP contribution >= 0.6 is 11.3 Å². The van der Waals surface area contributed by atoms with Crippen molar-refractivity contribution in [1.82, 2.24) is 19.4 Å². The Bertz CT molecular complexity index is 824. The van der Waals surface area contributed by atoms with Gasteiger partial charge in [0.25, 0.3) is 5.91 Å². The van der Waals surface area contributed by atoms with E-state index in [4.69, 9.17) is 4.98 Å². The summed E-state index contributed by atoms with van der Waals surface area (Å²) < 4.78 is 2.05. The van der Waals surface area contributed by atoms with Gasteiger partial charge in [0.2, 0.25) is 0 Å². The van der Waals surface area contributed by atoms with Crippen molar-refractivity contribution < 1.29 is 4.79 Å². The Morgan fingerprint density at radius 2 is 2.27 bits per heavy atom. The van der Waals surface area contributed by atoms with Crippen LogP contribution in [0.25, 0.3) is 11.2 Å². The van der Waals surface area contributed by atoms with Crippen LogP contribution in [0.3, 0.4) is 0 Å². The van der Waals surface area contributed by atoms with Gasteiger partial charge in [0.1, 0.15) is 11.3 Å². The summed E-state index contributed by atoms with van der Waals surface area (Å²) in [6.07, 6.45) is 2.74. The van der Waals surface area contributed by atoms with Crippen molar-refractivity contribution in [3.63, 3.8) is 0 Å². The zero-order chi connectivity index (χ0) is 15.1. The zero-order valence-corrected chi connectivity index (χ0v) is 13.1. The SMILES string of the molecule is Cn1c([C@H]2CCN(C(=O)c3cccs3)C2)nc2cccnc21. The standard InChI is InChI=1S/C16H16N4OS/c1-19-14(18-12-4-2-7-17-15(12)19)11-6-8-20(10-11)16(21)13-5-3-9-22-13/h2-5,7,9,11H,6,8,10H2,1H3/t11-/m0/s1. The molecule has 0 N–H and O–H groups in total. The molecule has 3 aromatic heterocycles. The van der Waals surface area contributed by atoms with E-state index in [9.17, 15) is 4.79 Å². The van der Waals surface area contributed by atoms with Crippen LogP contribution in [-0.2, 0) is 7.05 Å². The predicted molar refractivity (Wildman–Crippen MR) is 86.1 cm³/mol. The number of pyridine rings is 1. The van der Waals surface area contributed by atoms with E-state index in [0.29, 0.717) is 0 Å². The fourth-order valence-electron chi connectivity index (χ4n) is 3.12. The van der Waals surface area contributed by atoms with Crippen LogP contribution in [0.5, 0.6) is 0 Å². The van der Waals surface area contributed by atoms with Gasteiger partial charge >= 0.3 is 0 Å². The first-order valence-corrected chi connectivity index (χ1v) is 8.22. The van der Waals surface area contributed by atoms with Gasteiger partial charge in [0, 0.05) is 32.3 Å². The van der Waals surface area contributed by atoms with Gasteiger partial charge in [-0.3, -0.25) is 4.79 Å². The number of aromatic nitrogens is 3. The Balaban J connectivity index is 1.59. The summed E-state index contributed by atoms with van der Waals surface area (Å²) >= 11 is 1.50. The van der Waals surface area contributed by atoms with Crippen molar-refractivity contribution in [2.24, 2.45) is 7.05 Å². The van der Waals surface area contributed by atoms with E-state index < -0.39 is 0 Å². The molecule has 0 saturated carbocycles. The molecule has 0 spiro atoms. The number of imidazole rings is 1. The molecule has 5 nitrogen and oxygen atoms in total. The molecule has 4 rings (SSSR count). The highest BCUT2D eigenvalue weighted by molar-refractivity contribution is 7.12. The second-order valence-electron chi connectivity index (χ2n) is 5.59. The van der Waals surface area contributed by atoms with Crippen LogP contribution in [0, 0.1) is 0 Å². The van der Waals surface area contributed by atoms with Crippen molar-refractivity contribution in [3.8, 4) is 0 Å². The molecule has 0 aromatic carbocycles. The lowest BCUT2D eigenvalue weighted by molar-refractivity contribution is 0.0795. The summed E-state index contributed by atoms with van der Waals surface area (Å²) in [5.41, 5.74) is 1.82. The number of nitrogens with zero attached hydrogens (tertiary/aromatic N) is 4. The summed E-state index contributed by atoms with van der Waals surface area (Å²) in [4.78, 5) is 24.3. The fourth-order valence-corrected chi connectivity index (χ4v) is 3.81. The maximum absolute atomic E-state index is 12.4. The summed E-state index contributed by atoms with van der Waals surface area (Å²) in [5, 5.41) is 1.94. The largest absolute Gasteiger partial charge is 0.337 e. The molecule has 1 fully saturated rings. The second kappa shape index (κ2) is 5.21. The molecule has 0 aliphatic carbocycles. The van der Waals surface area contributed by atoms with Gasteiger partial charge in [-0.25, -0.2) is 9.97 Å². The molecule has 1 aliphatic heterocycles. The van der Waals surface area contributed by atoms with Crippen LogP contribution < -0.4 is 0 Å². The molecular weight excluding hydrogens is 296 g/mol. The van der Waals surface area contributed by atoms with Crippen LogP contribution in [0.15, 0.2) is 35.8 Å². The lowest BCUT2D eigenvalue weighted by Gasteiger charge is -2.15. The van der Waals surface area contributed by atoms with Gasteiger partial charge in [-0.2, -0.15) is 0 Å². The molecule has 1 atom stereocenters. The van der Waals surface area contributed by atoms with E-state index in [0.717, 1.165) is 41.4 Å². The third-order valence-corrected chi connectivity index (χ3v) is 5.09. The van der Waals surface area contributed by atoms with Gasteiger partial charge in [0.05, 0.1) is 4.88 Å². The first-order chi connectivity index (χ1) is 10.7. The number of thiophene rings is 1. The second-order valence-corrected chi connectivity index (χ2v) is 6.54. The molecule has 0 bridgehead atoms. The van der Waals surface area contributed by atoms with Gasteiger partial charge < -0.3 is 9.47 Å². The summed E-state index contributed by atoms with van der Waals surface area (Å²) in [6, 6.07) is 7.69. The molecule has 1 amide bonds. The van der Waals surface area contributed by atoms with E-state index in [1.54, 1.807) is 6.20 Å². The minimum Gasteiger partial charge on any atom is -0.337 e. The Morgan fingerprint density at radius 1 is 1.36 bits per heavy atom. The third kappa shape index (κ3) is 2.11. The Morgan fingerprint density at radius 3 is 3.05 bits per heavy atom. The topological polar surface area (TPSA) is 51.0 Å². The lowest BCUT2D eigenvalue weighted by Crippen LogP contribution is -2.28. The molecule has 0 unspecified atom stereocenters. The number of amides is 1. The van der Waals surface area contributed by atoms with E-state index in [1.165, 1.54) is 11.3 Å². The highest BCUT2D eigenvalue weighted by atomic mass is 32.1. The van der Waals surface area contributed by atoms with Crippen molar-refractivity contribution in [2.75, 3.05) is 13.1 Å². The van der Waals surface area contributed by atoms with Crippen LogP contribution in [0.4, 0.5) is 0 Å². The monoisotopic (exact) mass is 312 g/mol. The molecule has 1 aliphatic rings.